The smallest absolute Gasteiger partial charge is 0.240 e. The van der Waals surface area contributed by atoms with Crippen LogP contribution in [0.15, 0.2) is 29.2 Å². The minimum atomic E-state index is -3.49. The molecule has 118 valence electrons. The number of benzene rings is 1. The van der Waals surface area contributed by atoms with E-state index < -0.39 is 10.0 Å². The highest BCUT2D eigenvalue weighted by Gasteiger charge is 2.42. The van der Waals surface area contributed by atoms with E-state index in [-0.39, 0.29) is 22.3 Å². The van der Waals surface area contributed by atoms with Crippen molar-refractivity contribution in [3.8, 4) is 0 Å². The van der Waals surface area contributed by atoms with E-state index in [2.05, 4.69) is 25.5 Å². The van der Waals surface area contributed by atoms with Gasteiger partial charge in [-0.2, -0.15) is 0 Å². The summed E-state index contributed by atoms with van der Waals surface area (Å²) in [7, 11) is -3.49. The first-order chi connectivity index (χ1) is 9.75. The Morgan fingerprint density at radius 2 is 1.81 bits per heavy atom. The first kappa shape index (κ1) is 16.5. The van der Waals surface area contributed by atoms with Crippen molar-refractivity contribution < 1.29 is 13.5 Å². The summed E-state index contributed by atoms with van der Waals surface area (Å²) in [5.41, 5.74) is 0.958. The third-order valence-corrected chi connectivity index (χ3v) is 6.18. The highest BCUT2D eigenvalue weighted by Crippen LogP contribution is 2.44. The first-order valence-corrected chi connectivity index (χ1v) is 8.94. The monoisotopic (exact) mass is 311 g/mol. The molecule has 5 heteroatoms. The lowest BCUT2D eigenvalue weighted by molar-refractivity contribution is 0.213. The van der Waals surface area contributed by atoms with Gasteiger partial charge in [-0.1, -0.05) is 32.9 Å². The normalized spacial score (nSPS) is 17.7. The molecule has 0 bridgehead atoms. The fourth-order valence-electron chi connectivity index (χ4n) is 2.19. The lowest BCUT2D eigenvalue weighted by Gasteiger charge is -2.23. The zero-order valence-corrected chi connectivity index (χ0v) is 13.8. The summed E-state index contributed by atoms with van der Waals surface area (Å²) >= 11 is 0. The highest BCUT2D eigenvalue weighted by atomic mass is 32.2. The Morgan fingerprint density at radius 1 is 1.24 bits per heavy atom. The second-order valence-electron chi connectivity index (χ2n) is 6.74. The highest BCUT2D eigenvalue weighted by molar-refractivity contribution is 7.89. The molecule has 0 unspecified atom stereocenters. The van der Waals surface area contributed by atoms with Crippen LogP contribution < -0.4 is 4.72 Å². The standard InChI is InChI=1S/C16H25NO3S/c1-4-15(2,3)13-5-7-14(8-6-13)21(19,20)17-11-16(12-18)9-10-16/h5-8,17-18H,4,9-12H2,1-3H3. The maximum Gasteiger partial charge on any atom is 0.240 e. The second-order valence-corrected chi connectivity index (χ2v) is 8.51. The minimum absolute atomic E-state index is 0.0408. The van der Waals surface area contributed by atoms with Gasteiger partial charge >= 0.3 is 0 Å². The predicted octanol–water partition coefficient (Wildman–Crippen LogP) is 2.43. The van der Waals surface area contributed by atoms with Gasteiger partial charge in [0.25, 0.3) is 0 Å². The molecule has 0 atom stereocenters. The molecule has 4 nitrogen and oxygen atoms in total. The van der Waals surface area contributed by atoms with Gasteiger partial charge in [-0.3, -0.25) is 0 Å². The van der Waals surface area contributed by atoms with Gasteiger partial charge in [0, 0.05) is 18.6 Å². The molecule has 21 heavy (non-hydrogen) atoms. The molecule has 0 aliphatic heterocycles. The summed E-state index contributed by atoms with van der Waals surface area (Å²) in [4.78, 5) is 0.284. The van der Waals surface area contributed by atoms with Gasteiger partial charge in [0.2, 0.25) is 10.0 Å². The molecule has 1 saturated carbocycles. The molecule has 1 aliphatic carbocycles. The van der Waals surface area contributed by atoms with Crippen LogP contribution in [0.2, 0.25) is 0 Å². The number of sulfonamides is 1. The van der Waals surface area contributed by atoms with Crippen LogP contribution in [0.5, 0.6) is 0 Å². The van der Waals surface area contributed by atoms with Crippen LogP contribution in [0, 0.1) is 5.41 Å². The third kappa shape index (κ3) is 3.65. The topological polar surface area (TPSA) is 66.4 Å². The summed E-state index contributed by atoms with van der Waals surface area (Å²) in [5.74, 6) is 0. The van der Waals surface area contributed by atoms with Crippen molar-refractivity contribution in [3.63, 3.8) is 0 Å². The number of rotatable bonds is 7. The molecular formula is C16H25NO3S. The van der Waals surface area contributed by atoms with Crippen LogP contribution in [0.1, 0.15) is 45.6 Å². The molecule has 0 radical (unpaired) electrons. The van der Waals surface area contributed by atoms with Crippen LogP contribution in [-0.2, 0) is 15.4 Å². The van der Waals surface area contributed by atoms with Crippen LogP contribution in [0.25, 0.3) is 0 Å². The average Bonchev–Trinajstić information content (AvgIpc) is 3.26. The molecule has 0 aromatic heterocycles. The van der Waals surface area contributed by atoms with Gasteiger partial charge in [0.15, 0.2) is 0 Å². The summed E-state index contributed by atoms with van der Waals surface area (Å²) in [5, 5.41) is 9.24. The SMILES string of the molecule is CCC(C)(C)c1ccc(S(=O)(=O)NCC2(CO)CC2)cc1. The molecule has 1 aromatic carbocycles. The number of aliphatic hydroxyl groups is 1. The average molecular weight is 311 g/mol. The number of aliphatic hydroxyl groups excluding tert-OH is 1. The zero-order chi connectivity index (χ0) is 15.7. The second kappa shape index (κ2) is 5.71. The largest absolute Gasteiger partial charge is 0.396 e. The lowest BCUT2D eigenvalue weighted by Crippen LogP contribution is -2.32. The quantitative estimate of drug-likeness (QED) is 0.813. The van der Waals surface area contributed by atoms with Crippen molar-refractivity contribution in [1.29, 1.82) is 0 Å². The van der Waals surface area contributed by atoms with Crippen molar-refractivity contribution in [1.82, 2.24) is 4.72 Å². The zero-order valence-electron chi connectivity index (χ0n) is 13.0. The minimum Gasteiger partial charge on any atom is -0.396 e. The molecule has 2 N–H and O–H groups in total. The van der Waals surface area contributed by atoms with Gasteiger partial charge < -0.3 is 5.11 Å². The first-order valence-electron chi connectivity index (χ1n) is 7.46. The summed E-state index contributed by atoms with van der Waals surface area (Å²) in [6, 6.07) is 7.09. The van der Waals surface area contributed by atoms with Gasteiger partial charge in [0.05, 0.1) is 4.90 Å². The van der Waals surface area contributed by atoms with E-state index in [9.17, 15) is 13.5 Å². The fourth-order valence-corrected chi connectivity index (χ4v) is 3.35. The molecule has 0 amide bonds. The molecule has 0 saturated heterocycles. The molecular weight excluding hydrogens is 286 g/mol. The van der Waals surface area contributed by atoms with Crippen LogP contribution in [0.4, 0.5) is 0 Å². The van der Waals surface area contributed by atoms with E-state index in [1.165, 1.54) is 0 Å². The van der Waals surface area contributed by atoms with Crippen LogP contribution in [0.3, 0.4) is 0 Å². The summed E-state index contributed by atoms with van der Waals surface area (Å²) in [6.45, 7) is 6.77. The number of hydrogen-bond donors (Lipinski definition) is 2. The van der Waals surface area contributed by atoms with Gasteiger partial charge in [-0.05, 0) is 42.4 Å². The molecule has 1 fully saturated rings. The molecule has 0 heterocycles. The van der Waals surface area contributed by atoms with Crippen molar-refractivity contribution in [2.45, 2.75) is 50.3 Å². The number of nitrogens with one attached hydrogen (secondary N) is 1. The van der Waals surface area contributed by atoms with E-state index >= 15 is 0 Å². The van der Waals surface area contributed by atoms with Crippen LogP contribution in [-0.4, -0.2) is 26.7 Å². The Balaban J connectivity index is 2.10. The predicted molar refractivity (Wildman–Crippen MR) is 83.7 cm³/mol. The van der Waals surface area contributed by atoms with E-state index in [0.717, 1.165) is 24.8 Å². The fraction of sp³-hybridized carbons (Fsp3) is 0.625. The van der Waals surface area contributed by atoms with Crippen molar-refractivity contribution in [3.05, 3.63) is 29.8 Å². The third-order valence-electron chi connectivity index (χ3n) is 4.76. The van der Waals surface area contributed by atoms with Crippen molar-refractivity contribution in [2.75, 3.05) is 13.2 Å². The Kier molecular flexibility index (Phi) is 4.47. The molecule has 2 rings (SSSR count). The van der Waals surface area contributed by atoms with E-state index in [4.69, 9.17) is 0 Å². The van der Waals surface area contributed by atoms with Crippen LogP contribution >= 0.6 is 0 Å². The van der Waals surface area contributed by atoms with E-state index in [1.807, 2.05) is 12.1 Å². The Morgan fingerprint density at radius 3 is 2.24 bits per heavy atom. The van der Waals surface area contributed by atoms with E-state index in [1.54, 1.807) is 12.1 Å². The molecule has 1 aliphatic rings. The van der Waals surface area contributed by atoms with E-state index in [0.29, 0.717) is 6.54 Å². The lowest BCUT2D eigenvalue weighted by atomic mass is 9.82. The van der Waals surface area contributed by atoms with Crippen molar-refractivity contribution in [2.24, 2.45) is 5.41 Å². The van der Waals surface area contributed by atoms with Gasteiger partial charge in [-0.25, -0.2) is 13.1 Å². The van der Waals surface area contributed by atoms with Gasteiger partial charge in [0.1, 0.15) is 0 Å². The maximum absolute atomic E-state index is 12.3. The van der Waals surface area contributed by atoms with Crippen molar-refractivity contribution >= 4 is 10.0 Å². The summed E-state index contributed by atoms with van der Waals surface area (Å²) in [6.07, 6.45) is 2.77. The molecule has 1 aromatic rings. The summed E-state index contributed by atoms with van der Waals surface area (Å²) < 4.78 is 27.1. The Labute approximate surface area is 127 Å². The Bertz CT molecular complexity index is 586. The number of hydrogen-bond acceptors (Lipinski definition) is 3. The molecule has 0 spiro atoms. The Hall–Kier alpha value is -0.910. The van der Waals surface area contributed by atoms with Gasteiger partial charge in [-0.15, -0.1) is 0 Å². The maximum atomic E-state index is 12.3.